The summed E-state index contributed by atoms with van der Waals surface area (Å²) in [5.74, 6) is -0.549. The molecule has 2 aliphatic heterocycles. The van der Waals surface area contributed by atoms with E-state index in [0.717, 1.165) is 52.4 Å². The molecule has 2 rings (SSSR count). The molecule has 0 aromatic carbocycles. The molecule has 2 unspecified atom stereocenters. The van der Waals surface area contributed by atoms with E-state index < -0.39 is 5.79 Å². The highest BCUT2D eigenvalue weighted by molar-refractivity contribution is 4.85. The molecule has 0 bridgehead atoms. The van der Waals surface area contributed by atoms with Crippen LogP contribution < -0.4 is 16.0 Å². The SMILES string of the molecule is CC1(C)OCC(C(CO)N2CCNCCNCCNCC2)O1. The molecule has 4 N–H and O–H groups in total. The van der Waals surface area contributed by atoms with Crippen LogP contribution in [0.25, 0.3) is 0 Å². The van der Waals surface area contributed by atoms with E-state index in [0.29, 0.717) is 6.61 Å². The lowest BCUT2D eigenvalue weighted by Crippen LogP contribution is -2.52. The summed E-state index contributed by atoms with van der Waals surface area (Å²) in [6.45, 7) is 12.0. The molecule has 2 aliphatic rings. The van der Waals surface area contributed by atoms with Gasteiger partial charge < -0.3 is 30.5 Å². The standard InChI is InChI=1S/C15H32N4O3/c1-15(2)21-12-14(22-15)13(11-20)19-9-7-17-5-3-16-4-6-18-8-10-19/h13-14,16-18,20H,3-12H2,1-2H3. The van der Waals surface area contributed by atoms with Crippen molar-refractivity contribution in [3.63, 3.8) is 0 Å². The largest absolute Gasteiger partial charge is 0.395 e. The minimum absolute atomic E-state index is 0.0218. The molecule has 0 spiro atoms. The fourth-order valence-electron chi connectivity index (χ4n) is 2.99. The molecule has 2 atom stereocenters. The second kappa shape index (κ2) is 9.12. The van der Waals surface area contributed by atoms with Gasteiger partial charge >= 0.3 is 0 Å². The zero-order valence-electron chi connectivity index (χ0n) is 13.9. The number of rotatable bonds is 3. The van der Waals surface area contributed by atoms with Crippen LogP contribution in [0.1, 0.15) is 13.8 Å². The average molecular weight is 316 g/mol. The van der Waals surface area contributed by atoms with Gasteiger partial charge in [0.15, 0.2) is 5.79 Å². The van der Waals surface area contributed by atoms with Crippen LogP contribution in [-0.2, 0) is 9.47 Å². The Bertz CT molecular complexity index is 305. The Kier molecular flexibility index (Phi) is 7.49. The first kappa shape index (κ1) is 18.1. The number of nitrogens with zero attached hydrogens (tertiary/aromatic N) is 1. The Morgan fingerprint density at radius 1 is 1.05 bits per heavy atom. The molecule has 130 valence electrons. The Hall–Kier alpha value is -0.280. The normalized spacial score (nSPS) is 30.4. The van der Waals surface area contributed by atoms with Crippen molar-refractivity contribution < 1.29 is 14.6 Å². The van der Waals surface area contributed by atoms with E-state index >= 15 is 0 Å². The number of hydrogen-bond acceptors (Lipinski definition) is 7. The summed E-state index contributed by atoms with van der Waals surface area (Å²) in [6, 6.07) is -0.0218. The van der Waals surface area contributed by atoms with Gasteiger partial charge in [-0.25, -0.2) is 0 Å². The molecule has 0 amide bonds. The zero-order valence-corrected chi connectivity index (χ0v) is 13.9. The van der Waals surface area contributed by atoms with Crippen LogP contribution in [-0.4, -0.2) is 93.5 Å². The van der Waals surface area contributed by atoms with Crippen LogP contribution in [0.3, 0.4) is 0 Å². The van der Waals surface area contributed by atoms with Crippen molar-refractivity contribution in [3.05, 3.63) is 0 Å². The van der Waals surface area contributed by atoms with Crippen molar-refractivity contribution in [2.75, 3.05) is 65.6 Å². The van der Waals surface area contributed by atoms with Gasteiger partial charge in [-0.3, -0.25) is 4.90 Å². The van der Waals surface area contributed by atoms with Gasteiger partial charge in [-0.15, -0.1) is 0 Å². The van der Waals surface area contributed by atoms with Crippen LogP contribution in [0.15, 0.2) is 0 Å². The summed E-state index contributed by atoms with van der Waals surface area (Å²) < 4.78 is 11.6. The molecular weight excluding hydrogens is 284 g/mol. The third-order valence-corrected chi connectivity index (χ3v) is 4.22. The Labute approximate surface area is 133 Å². The van der Waals surface area contributed by atoms with E-state index in [-0.39, 0.29) is 18.8 Å². The van der Waals surface area contributed by atoms with Gasteiger partial charge in [-0.05, 0) is 13.8 Å². The van der Waals surface area contributed by atoms with Crippen LogP contribution in [0, 0.1) is 0 Å². The van der Waals surface area contributed by atoms with E-state index in [1.54, 1.807) is 0 Å². The van der Waals surface area contributed by atoms with E-state index in [4.69, 9.17) is 9.47 Å². The first-order valence-electron chi connectivity index (χ1n) is 8.41. The number of aliphatic hydroxyl groups is 1. The zero-order chi connectivity index (χ0) is 15.8. The quantitative estimate of drug-likeness (QED) is 0.509. The molecule has 0 radical (unpaired) electrons. The fourth-order valence-corrected chi connectivity index (χ4v) is 2.99. The van der Waals surface area contributed by atoms with E-state index in [1.165, 1.54) is 0 Å². The third-order valence-electron chi connectivity index (χ3n) is 4.22. The smallest absolute Gasteiger partial charge is 0.163 e. The average Bonchev–Trinajstić information content (AvgIpc) is 2.82. The summed E-state index contributed by atoms with van der Waals surface area (Å²) in [6.07, 6.45) is -0.0745. The number of nitrogens with one attached hydrogen (secondary N) is 3. The summed E-state index contributed by atoms with van der Waals surface area (Å²) in [7, 11) is 0. The minimum Gasteiger partial charge on any atom is -0.395 e. The predicted octanol–water partition coefficient (Wildman–Crippen LogP) is -1.42. The second-order valence-electron chi connectivity index (χ2n) is 6.40. The van der Waals surface area contributed by atoms with Gasteiger partial charge in [-0.1, -0.05) is 0 Å². The van der Waals surface area contributed by atoms with Crippen LogP contribution in [0.4, 0.5) is 0 Å². The lowest BCUT2D eigenvalue weighted by atomic mass is 10.1. The van der Waals surface area contributed by atoms with E-state index in [1.807, 2.05) is 13.8 Å². The van der Waals surface area contributed by atoms with Gasteiger partial charge in [0, 0.05) is 52.4 Å². The van der Waals surface area contributed by atoms with Crippen molar-refractivity contribution in [2.24, 2.45) is 0 Å². The molecule has 0 aromatic heterocycles. The first-order valence-corrected chi connectivity index (χ1v) is 8.41. The van der Waals surface area contributed by atoms with Gasteiger partial charge in [0.2, 0.25) is 0 Å². The molecule has 2 fully saturated rings. The molecule has 0 aliphatic carbocycles. The van der Waals surface area contributed by atoms with Gasteiger partial charge in [0.25, 0.3) is 0 Å². The van der Waals surface area contributed by atoms with Crippen molar-refractivity contribution in [1.29, 1.82) is 0 Å². The van der Waals surface area contributed by atoms with Crippen molar-refractivity contribution in [3.8, 4) is 0 Å². The molecule has 7 heteroatoms. The van der Waals surface area contributed by atoms with Gasteiger partial charge in [0.05, 0.1) is 19.3 Å². The summed E-state index contributed by atoms with van der Waals surface area (Å²) in [5, 5.41) is 20.1. The van der Waals surface area contributed by atoms with E-state index in [9.17, 15) is 5.11 Å². The van der Waals surface area contributed by atoms with Crippen molar-refractivity contribution >= 4 is 0 Å². The predicted molar refractivity (Wildman–Crippen MR) is 86.0 cm³/mol. The molecular formula is C15H32N4O3. The minimum atomic E-state index is -0.549. The molecule has 2 saturated heterocycles. The highest BCUT2D eigenvalue weighted by atomic mass is 16.7. The lowest BCUT2D eigenvalue weighted by molar-refractivity contribution is -0.148. The lowest BCUT2D eigenvalue weighted by Gasteiger charge is -2.34. The number of hydrogen-bond donors (Lipinski definition) is 4. The maximum atomic E-state index is 9.87. The Balaban J connectivity index is 1.91. The Morgan fingerprint density at radius 3 is 2.05 bits per heavy atom. The van der Waals surface area contributed by atoms with Crippen molar-refractivity contribution in [1.82, 2.24) is 20.9 Å². The Morgan fingerprint density at radius 2 is 1.59 bits per heavy atom. The van der Waals surface area contributed by atoms with E-state index in [2.05, 4.69) is 20.9 Å². The maximum absolute atomic E-state index is 9.87. The molecule has 7 nitrogen and oxygen atoms in total. The van der Waals surface area contributed by atoms with Crippen LogP contribution >= 0.6 is 0 Å². The summed E-state index contributed by atoms with van der Waals surface area (Å²) in [5.41, 5.74) is 0. The van der Waals surface area contributed by atoms with Crippen LogP contribution in [0.5, 0.6) is 0 Å². The number of ether oxygens (including phenoxy) is 2. The highest BCUT2D eigenvalue weighted by Gasteiger charge is 2.39. The molecule has 2 heterocycles. The fraction of sp³-hybridized carbons (Fsp3) is 1.00. The molecule has 0 saturated carbocycles. The summed E-state index contributed by atoms with van der Waals surface area (Å²) in [4.78, 5) is 2.31. The second-order valence-corrected chi connectivity index (χ2v) is 6.40. The monoisotopic (exact) mass is 316 g/mol. The first-order chi connectivity index (χ1) is 10.6. The maximum Gasteiger partial charge on any atom is 0.163 e. The number of aliphatic hydroxyl groups excluding tert-OH is 1. The van der Waals surface area contributed by atoms with Crippen molar-refractivity contribution in [2.45, 2.75) is 31.8 Å². The summed E-state index contributed by atoms with van der Waals surface area (Å²) >= 11 is 0. The molecule has 0 aromatic rings. The topological polar surface area (TPSA) is 78.0 Å². The molecule has 22 heavy (non-hydrogen) atoms. The van der Waals surface area contributed by atoms with Gasteiger partial charge in [-0.2, -0.15) is 0 Å². The van der Waals surface area contributed by atoms with Gasteiger partial charge in [0.1, 0.15) is 6.10 Å². The highest BCUT2D eigenvalue weighted by Crippen LogP contribution is 2.26. The third kappa shape index (κ3) is 5.73. The van der Waals surface area contributed by atoms with Crippen LogP contribution in [0.2, 0.25) is 0 Å².